The van der Waals surface area contributed by atoms with Crippen LogP contribution in [0.3, 0.4) is 0 Å². The van der Waals surface area contributed by atoms with Gasteiger partial charge in [0.25, 0.3) is 5.91 Å². The van der Waals surface area contributed by atoms with Gasteiger partial charge in [-0.3, -0.25) is 9.59 Å². The number of ether oxygens (including phenoxy) is 1. The van der Waals surface area contributed by atoms with Gasteiger partial charge in [-0.25, -0.2) is 4.79 Å². The zero-order valence-corrected chi connectivity index (χ0v) is 17.5. The number of rotatable bonds is 7. The Labute approximate surface area is 181 Å². The predicted molar refractivity (Wildman–Crippen MR) is 120 cm³/mol. The van der Waals surface area contributed by atoms with E-state index in [4.69, 9.17) is 4.74 Å². The fourth-order valence-electron chi connectivity index (χ4n) is 3.09. The van der Waals surface area contributed by atoms with Crippen LogP contribution in [0.15, 0.2) is 72.8 Å². The molecule has 0 saturated heterocycles. The molecule has 0 atom stereocenters. The van der Waals surface area contributed by atoms with Gasteiger partial charge >= 0.3 is 5.97 Å². The highest BCUT2D eigenvalue weighted by Crippen LogP contribution is 2.18. The van der Waals surface area contributed by atoms with Crippen LogP contribution in [0.1, 0.15) is 27.0 Å². The Bertz CT molecular complexity index is 1090. The van der Waals surface area contributed by atoms with Gasteiger partial charge in [-0.15, -0.1) is 0 Å². The number of carbonyl (C=O) groups excluding carboxylic acids is 3. The second-order valence-corrected chi connectivity index (χ2v) is 7.20. The van der Waals surface area contributed by atoms with Gasteiger partial charge in [-0.2, -0.15) is 0 Å². The Morgan fingerprint density at radius 2 is 1.45 bits per heavy atom. The molecule has 2 N–H and O–H groups in total. The third-order valence-corrected chi connectivity index (χ3v) is 4.62. The number of nitrogens with one attached hydrogen (secondary N) is 2. The molecule has 0 heterocycles. The molecule has 31 heavy (non-hydrogen) atoms. The van der Waals surface area contributed by atoms with Crippen LogP contribution in [0.4, 0.5) is 11.4 Å². The molecule has 0 radical (unpaired) electrons. The first-order valence-corrected chi connectivity index (χ1v) is 9.89. The molecule has 3 rings (SSSR count). The lowest BCUT2D eigenvalue weighted by atomic mass is 10.1. The maximum atomic E-state index is 12.5. The summed E-state index contributed by atoms with van der Waals surface area (Å²) in [7, 11) is 0. The van der Waals surface area contributed by atoms with Crippen molar-refractivity contribution in [3.63, 3.8) is 0 Å². The minimum absolute atomic E-state index is 0.183. The third-order valence-electron chi connectivity index (χ3n) is 4.62. The zero-order chi connectivity index (χ0) is 22.2. The average Bonchev–Trinajstić information content (AvgIpc) is 2.75. The zero-order valence-electron chi connectivity index (χ0n) is 17.5. The van der Waals surface area contributed by atoms with Crippen molar-refractivity contribution in [3.05, 3.63) is 95.1 Å². The average molecular weight is 416 g/mol. The molecule has 0 fully saturated rings. The number of para-hydroxylation sites is 1. The van der Waals surface area contributed by atoms with Crippen LogP contribution in [0.25, 0.3) is 0 Å². The van der Waals surface area contributed by atoms with E-state index in [1.54, 1.807) is 24.3 Å². The van der Waals surface area contributed by atoms with Crippen LogP contribution in [0, 0.1) is 13.8 Å². The summed E-state index contributed by atoms with van der Waals surface area (Å²) in [5.41, 5.74) is 4.06. The third kappa shape index (κ3) is 6.27. The molecule has 0 aliphatic rings. The number of amides is 2. The summed E-state index contributed by atoms with van der Waals surface area (Å²) in [4.78, 5) is 37.1. The van der Waals surface area contributed by atoms with Crippen LogP contribution in [-0.2, 0) is 20.7 Å². The van der Waals surface area contributed by atoms with E-state index in [1.807, 2.05) is 62.4 Å². The quantitative estimate of drug-likeness (QED) is 0.563. The highest BCUT2D eigenvalue weighted by atomic mass is 16.5. The molecule has 0 spiro atoms. The minimum Gasteiger partial charge on any atom is -0.452 e. The number of esters is 1. The summed E-state index contributed by atoms with van der Waals surface area (Å²) in [6, 6.07) is 21.5. The van der Waals surface area contributed by atoms with Crippen LogP contribution in [0.2, 0.25) is 0 Å². The number of carbonyl (C=O) groups is 3. The molecule has 0 unspecified atom stereocenters. The van der Waals surface area contributed by atoms with Gasteiger partial charge in [0.05, 0.1) is 17.7 Å². The molecule has 2 amide bonds. The summed E-state index contributed by atoms with van der Waals surface area (Å²) in [5, 5.41) is 5.47. The summed E-state index contributed by atoms with van der Waals surface area (Å²) < 4.78 is 5.16. The molecule has 3 aromatic rings. The van der Waals surface area contributed by atoms with Crippen molar-refractivity contribution in [3.8, 4) is 0 Å². The maximum absolute atomic E-state index is 12.5. The normalized spacial score (nSPS) is 10.3. The molecule has 6 nitrogen and oxygen atoms in total. The molecule has 0 aliphatic heterocycles. The maximum Gasteiger partial charge on any atom is 0.340 e. The lowest BCUT2D eigenvalue weighted by Crippen LogP contribution is -2.22. The van der Waals surface area contributed by atoms with Crippen LogP contribution < -0.4 is 10.6 Å². The molecule has 0 aromatic heterocycles. The number of hydrogen-bond donors (Lipinski definition) is 2. The van der Waals surface area contributed by atoms with Gasteiger partial charge in [0.15, 0.2) is 6.61 Å². The first kappa shape index (κ1) is 21.8. The summed E-state index contributed by atoms with van der Waals surface area (Å²) in [6.45, 7) is 3.43. The van der Waals surface area contributed by atoms with E-state index in [-0.39, 0.29) is 17.9 Å². The Morgan fingerprint density at radius 3 is 2.19 bits per heavy atom. The van der Waals surface area contributed by atoms with Crippen molar-refractivity contribution in [1.82, 2.24) is 0 Å². The van der Waals surface area contributed by atoms with Crippen LogP contribution >= 0.6 is 0 Å². The van der Waals surface area contributed by atoms with E-state index in [2.05, 4.69) is 10.6 Å². The molecule has 3 aromatic carbocycles. The Balaban J connectivity index is 1.59. The first-order valence-electron chi connectivity index (χ1n) is 9.89. The van der Waals surface area contributed by atoms with E-state index in [1.165, 1.54) is 0 Å². The molecule has 158 valence electrons. The molecular formula is C25H24N2O4. The minimum atomic E-state index is -0.689. The lowest BCUT2D eigenvalue weighted by molar-refractivity contribution is -0.119. The molecular weight excluding hydrogens is 392 g/mol. The lowest BCUT2D eigenvalue weighted by Gasteiger charge is -2.12. The van der Waals surface area contributed by atoms with Gasteiger partial charge in [0.1, 0.15) is 0 Å². The SMILES string of the molecule is Cc1ccc(NC(=O)COC(=O)c2ccccc2NC(=O)Cc2ccccc2)c(C)c1. The van der Waals surface area contributed by atoms with E-state index < -0.39 is 18.5 Å². The van der Waals surface area contributed by atoms with Crippen molar-refractivity contribution in [2.24, 2.45) is 0 Å². The van der Waals surface area contributed by atoms with E-state index >= 15 is 0 Å². The monoisotopic (exact) mass is 416 g/mol. The Kier molecular flexibility index (Phi) is 7.17. The summed E-state index contributed by atoms with van der Waals surface area (Å²) in [6.07, 6.45) is 0.183. The van der Waals surface area contributed by atoms with Gasteiger partial charge in [0, 0.05) is 5.69 Å². The Hall–Kier alpha value is -3.93. The second kappa shape index (κ2) is 10.2. The van der Waals surface area contributed by atoms with Crippen molar-refractivity contribution in [2.75, 3.05) is 17.2 Å². The topological polar surface area (TPSA) is 84.5 Å². The van der Waals surface area contributed by atoms with E-state index in [9.17, 15) is 14.4 Å². The van der Waals surface area contributed by atoms with Gasteiger partial charge < -0.3 is 15.4 Å². The smallest absolute Gasteiger partial charge is 0.340 e. The summed E-state index contributed by atoms with van der Waals surface area (Å²) in [5.74, 6) is -1.38. The number of aryl methyl sites for hydroxylation is 2. The number of benzene rings is 3. The van der Waals surface area contributed by atoms with E-state index in [0.29, 0.717) is 11.4 Å². The second-order valence-electron chi connectivity index (χ2n) is 7.20. The van der Waals surface area contributed by atoms with Gasteiger partial charge in [0.2, 0.25) is 5.91 Å². The van der Waals surface area contributed by atoms with Crippen molar-refractivity contribution < 1.29 is 19.1 Å². The van der Waals surface area contributed by atoms with Gasteiger partial charge in [-0.1, -0.05) is 60.2 Å². The summed E-state index contributed by atoms with van der Waals surface area (Å²) >= 11 is 0. The highest BCUT2D eigenvalue weighted by Gasteiger charge is 2.16. The molecule has 0 saturated carbocycles. The highest BCUT2D eigenvalue weighted by molar-refractivity contribution is 6.02. The predicted octanol–water partition coefficient (Wildman–Crippen LogP) is 4.28. The number of hydrogen-bond acceptors (Lipinski definition) is 4. The standard InChI is InChI=1S/C25H24N2O4/c1-17-12-13-21(18(2)14-17)26-24(29)16-31-25(30)20-10-6-7-11-22(20)27-23(28)15-19-8-4-3-5-9-19/h3-14H,15-16H2,1-2H3,(H,26,29)(H,27,28). The molecule has 0 aliphatic carbocycles. The van der Waals surface area contributed by atoms with Crippen molar-refractivity contribution >= 4 is 29.2 Å². The Morgan fingerprint density at radius 1 is 0.774 bits per heavy atom. The van der Waals surface area contributed by atoms with Crippen molar-refractivity contribution in [2.45, 2.75) is 20.3 Å². The van der Waals surface area contributed by atoms with Gasteiger partial charge in [-0.05, 0) is 43.2 Å². The fourth-order valence-corrected chi connectivity index (χ4v) is 3.09. The molecule has 0 bridgehead atoms. The largest absolute Gasteiger partial charge is 0.452 e. The van der Waals surface area contributed by atoms with Crippen LogP contribution in [0.5, 0.6) is 0 Å². The van der Waals surface area contributed by atoms with E-state index in [0.717, 1.165) is 16.7 Å². The molecule has 6 heteroatoms. The van der Waals surface area contributed by atoms with Crippen molar-refractivity contribution in [1.29, 1.82) is 0 Å². The van der Waals surface area contributed by atoms with Crippen LogP contribution in [-0.4, -0.2) is 24.4 Å². The fraction of sp³-hybridized carbons (Fsp3) is 0.160. The number of anilines is 2. The first-order chi connectivity index (χ1) is 14.9.